The maximum Gasteiger partial charge on any atom is 0.337 e. The zero-order valence-electron chi connectivity index (χ0n) is 20.0. The number of carbonyl (C=O) groups excluding carboxylic acids is 2. The van der Waals surface area contributed by atoms with Gasteiger partial charge in [0, 0.05) is 0 Å². The summed E-state index contributed by atoms with van der Waals surface area (Å²) in [6.07, 6.45) is -2.29. The lowest BCUT2D eigenvalue weighted by atomic mass is 10.2. The largest absolute Gasteiger partial charge is 0.464 e. The summed E-state index contributed by atoms with van der Waals surface area (Å²) in [7, 11) is -4.77. The Morgan fingerprint density at radius 3 is 1.11 bits per heavy atom. The predicted octanol–water partition coefficient (Wildman–Crippen LogP) is 4.89. The summed E-state index contributed by atoms with van der Waals surface area (Å²) in [6, 6.07) is 0. The fraction of sp³-hybridized carbons (Fsp3) is 0.900. The summed E-state index contributed by atoms with van der Waals surface area (Å²) < 4.78 is 23.2. The Kier molecular flexibility index (Phi) is 9.62. The van der Waals surface area contributed by atoms with Crippen LogP contribution >= 0.6 is 0 Å². The van der Waals surface area contributed by atoms with E-state index < -0.39 is 40.8 Å². The number of hydrogen-bond donors (Lipinski definition) is 0. The van der Waals surface area contributed by atoms with Crippen molar-refractivity contribution in [3.63, 3.8) is 0 Å². The van der Waals surface area contributed by atoms with Crippen LogP contribution in [0, 0.1) is 0 Å². The average Bonchev–Trinajstić information content (AvgIpc) is 2.48. The van der Waals surface area contributed by atoms with Gasteiger partial charge in [0.25, 0.3) is 0 Å². The molecule has 0 spiro atoms. The highest BCUT2D eigenvalue weighted by molar-refractivity contribution is 6.75. The van der Waals surface area contributed by atoms with Crippen molar-refractivity contribution in [3.8, 4) is 0 Å². The lowest BCUT2D eigenvalue weighted by molar-refractivity contribution is -0.170. The van der Waals surface area contributed by atoms with Crippen molar-refractivity contribution in [1.82, 2.24) is 0 Å². The van der Waals surface area contributed by atoms with E-state index in [9.17, 15) is 9.59 Å². The maximum absolute atomic E-state index is 12.8. The van der Waals surface area contributed by atoms with E-state index in [4.69, 9.17) is 18.3 Å². The molecule has 0 bridgehead atoms. The molecule has 0 aliphatic heterocycles. The fourth-order valence-corrected chi connectivity index (χ4v) is 4.32. The van der Waals surface area contributed by atoms with Crippen LogP contribution in [-0.4, -0.2) is 54.0 Å². The molecule has 0 aliphatic rings. The average molecular weight is 435 g/mol. The highest BCUT2D eigenvalue weighted by Gasteiger charge is 2.50. The number of esters is 2. The minimum absolute atomic E-state index is 0.145. The van der Waals surface area contributed by atoms with Gasteiger partial charge in [-0.3, -0.25) is 0 Å². The van der Waals surface area contributed by atoms with E-state index >= 15 is 0 Å². The maximum atomic E-state index is 12.8. The molecule has 0 aromatic carbocycles. The smallest absolute Gasteiger partial charge is 0.337 e. The molecule has 0 saturated carbocycles. The lowest BCUT2D eigenvalue weighted by Gasteiger charge is -2.43. The molecule has 0 saturated heterocycles. The van der Waals surface area contributed by atoms with Crippen LogP contribution in [0.3, 0.4) is 0 Å². The standard InChI is InChI=1S/C20H42O6Si2/c1-13-23-17(21)15(25-27(9,10)19(3,4)5)16(18(22)24-14-2)26-28(11,12)20(6,7)8/h15-16H,13-14H2,1-12H3/t15-,16-/m0/s1. The molecule has 6 nitrogen and oxygen atoms in total. The number of ether oxygens (including phenoxy) is 2. The van der Waals surface area contributed by atoms with Gasteiger partial charge in [0.05, 0.1) is 13.2 Å². The summed E-state index contributed by atoms with van der Waals surface area (Å²) >= 11 is 0. The SMILES string of the molecule is CCOC(=O)[C@@H](O[Si](C)(C)C(C)(C)C)[C@H](O[Si](C)(C)C(C)(C)C)C(=O)OCC. The highest BCUT2D eigenvalue weighted by atomic mass is 28.4. The normalized spacial score (nSPS) is 15.7. The van der Waals surface area contributed by atoms with E-state index in [1.165, 1.54) is 0 Å². The Hall–Kier alpha value is -0.706. The Bertz CT molecular complexity index is 484. The minimum Gasteiger partial charge on any atom is -0.464 e. The first-order chi connectivity index (χ1) is 12.4. The lowest BCUT2D eigenvalue weighted by Crippen LogP contribution is -2.57. The molecule has 8 heteroatoms. The van der Waals surface area contributed by atoms with Gasteiger partial charge in [0.1, 0.15) is 0 Å². The Morgan fingerprint density at radius 2 is 0.929 bits per heavy atom. The van der Waals surface area contributed by atoms with Crippen LogP contribution in [0.25, 0.3) is 0 Å². The van der Waals surface area contributed by atoms with Crippen LogP contribution in [0.15, 0.2) is 0 Å². The zero-order valence-corrected chi connectivity index (χ0v) is 22.0. The number of hydrogen-bond acceptors (Lipinski definition) is 6. The predicted molar refractivity (Wildman–Crippen MR) is 117 cm³/mol. The molecular weight excluding hydrogens is 392 g/mol. The van der Waals surface area contributed by atoms with E-state index in [1.807, 2.05) is 26.2 Å². The van der Waals surface area contributed by atoms with Gasteiger partial charge < -0.3 is 18.3 Å². The highest BCUT2D eigenvalue weighted by Crippen LogP contribution is 2.40. The van der Waals surface area contributed by atoms with Gasteiger partial charge in [0.2, 0.25) is 0 Å². The Balaban J connectivity index is 6.16. The second-order valence-corrected chi connectivity index (χ2v) is 19.6. The minimum atomic E-state index is -2.39. The van der Waals surface area contributed by atoms with Gasteiger partial charge in [-0.05, 0) is 50.1 Å². The van der Waals surface area contributed by atoms with Crippen molar-refractivity contribution in [3.05, 3.63) is 0 Å². The molecule has 0 N–H and O–H groups in total. The number of carbonyl (C=O) groups is 2. The van der Waals surface area contributed by atoms with Crippen LogP contribution < -0.4 is 0 Å². The van der Waals surface area contributed by atoms with Crippen molar-refractivity contribution in [2.45, 2.75) is 104 Å². The molecule has 0 amide bonds. The van der Waals surface area contributed by atoms with Crippen LogP contribution in [-0.2, 0) is 27.9 Å². The summed E-state index contributed by atoms with van der Waals surface area (Å²) in [5, 5.41) is -0.290. The van der Waals surface area contributed by atoms with Gasteiger partial charge >= 0.3 is 11.9 Å². The molecule has 0 heterocycles. The van der Waals surface area contributed by atoms with E-state index in [1.54, 1.807) is 13.8 Å². The van der Waals surface area contributed by atoms with Gasteiger partial charge in [-0.25, -0.2) is 9.59 Å². The monoisotopic (exact) mass is 434 g/mol. The van der Waals surface area contributed by atoms with E-state index in [2.05, 4.69) is 41.5 Å². The van der Waals surface area contributed by atoms with Crippen molar-refractivity contribution >= 4 is 28.6 Å². The van der Waals surface area contributed by atoms with Gasteiger partial charge in [0.15, 0.2) is 28.8 Å². The molecule has 0 unspecified atom stereocenters. The molecule has 0 aromatic rings. The molecule has 0 rings (SSSR count). The van der Waals surface area contributed by atoms with E-state index in [0.29, 0.717) is 0 Å². The molecule has 0 fully saturated rings. The molecule has 28 heavy (non-hydrogen) atoms. The quantitative estimate of drug-likeness (QED) is 0.380. The van der Waals surface area contributed by atoms with Crippen LogP contribution in [0.1, 0.15) is 55.4 Å². The first-order valence-electron chi connectivity index (χ1n) is 10.1. The third-order valence-electron chi connectivity index (χ3n) is 5.77. The van der Waals surface area contributed by atoms with Gasteiger partial charge in [-0.1, -0.05) is 41.5 Å². The molecule has 2 atom stereocenters. The molecule has 0 radical (unpaired) electrons. The first-order valence-corrected chi connectivity index (χ1v) is 15.9. The topological polar surface area (TPSA) is 71.1 Å². The zero-order chi connectivity index (χ0) is 22.6. The third kappa shape index (κ3) is 7.28. The summed E-state index contributed by atoms with van der Waals surface area (Å²) in [5.74, 6) is -1.16. The second kappa shape index (κ2) is 9.87. The van der Waals surface area contributed by atoms with Crippen molar-refractivity contribution in [2.75, 3.05) is 13.2 Å². The van der Waals surface area contributed by atoms with Crippen molar-refractivity contribution < 1.29 is 27.9 Å². The van der Waals surface area contributed by atoms with E-state index in [-0.39, 0.29) is 23.3 Å². The Morgan fingerprint density at radius 1 is 0.679 bits per heavy atom. The second-order valence-electron chi connectivity index (χ2n) is 10.1. The van der Waals surface area contributed by atoms with Crippen LogP contribution in [0.5, 0.6) is 0 Å². The first kappa shape index (κ1) is 27.3. The van der Waals surface area contributed by atoms with Gasteiger partial charge in [-0.2, -0.15) is 0 Å². The Labute approximate surface area is 173 Å². The van der Waals surface area contributed by atoms with Gasteiger partial charge in [-0.15, -0.1) is 0 Å². The molecule has 166 valence electrons. The van der Waals surface area contributed by atoms with E-state index in [0.717, 1.165) is 0 Å². The molecular formula is C20H42O6Si2. The molecule has 0 aliphatic carbocycles. The summed E-state index contributed by atoms with van der Waals surface area (Å²) in [4.78, 5) is 25.7. The number of rotatable bonds is 9. The van der Waals surface area contributed by atoms with Crippen LogP contribution in [0.4, 0.5) is 0 Å². The molecule has 0 aromatic heterocycles. The van der Waals surface area contributed by atoms with Crippen LogP contribution in [0.2, 0.25) is 36.3 Å². The summed E-state index contributed by atoms with van der Waals surface area (Å²) in [5.41, 5.74) is 0. The summed E-state index contributed by atoms with van der Waals surface area (Å²) in [6.45, 7) is 24.5. The van der Waals surface area contributed by atoms with Crippen molar-refractivity contribution in [2.24, 2.45) is 0 Å². The third-order valence-corrected chi connectivity index (χ3v) is 14.7. The van der Waals surface area contributed by atoms with Crippen molar-refractivity contribution in [1.29, 1.82) is 0 Å². The fourth-order valence-electron chi connectivity index (χ4n) is 1.90.